The fourth-order valence-corrected chi connectivity index (χ4v) is 0. The molecule has 0 spiro atoms. The highest BCUT2D eigenvalue weighted by molar-refractivity contribution is 6.54. The van der Waals surface area contributed by atoms with Gasteiger partial charge in [0.2, 0.25) is 0 Å². The summed E-state index contributed by atoms with van der Waals surface area (Å²) in [5, 5.41) is 9.49. The van der Waals surface area contributed by atoms with Crippen molar-refractivity contribution in [3.8, 4) is 0 Å². The van der Waals surface area contributed by atoms with Crippen LogP contribution in [0.5, 0.6) is 0 Å². The molecule has 0 radical (unpaired) electrons. The number of hydrogen-bond acceptors (Lipinski definition) is 2. The third kappa shape index (κ3) is 26.1. The Morgan fingerprint density at radius 2 is 1.50 bits per heavy atom. The van der Waals surface area contributed by atoms with Gasteiger partial charge in [-0.2, -0.15) is 0 Å². The van der Waals surface area contributed by atoms with E-state index in [9.17, 15) is 9.90 Å². The third-order valence-corrected chi connectivity index (χ3v) is 0.348. The van der Waals surface area contributed by atoms with Gasteiger partial charge < -0.3 is 9.90 Å². The molecule has 0 heterocycles. The molecule has 0 fully saturated rings. The molecule has 10 heavy (non-hydrogen) atoms. The average molecular weight is 158 g/mol. The van der Waals surface area contributed by atoms with E-state index in [4.69, 9.17) is 0 Å². The Morgan fingerprint density at radius 1 is 1.40 bits per heavy atom. The maximum Gasteiger partial charge on any atom is 0.304 e. The Balaban J connectivity index is 0. The molecule has 0 bridgehead atoms. The zero-order valence-electron chi connectivity index (χ0n) is 7.02. The molecule has 0 saturated carbocycles. The monoisotopic (exact) mass is 158 g/mol. The van der Waals surface area contributed by atoms with Crippen molar-refractivity contribution in [3.63, 3.8) is 0 Å². The Hall–Kier alpha value is -0.573. The smallest absolute Gasteiger partial charge is 0.304 e. The molecule has 0 aliphatic rings. The molecule has 2 nitrogen and oxygen atoms in total. The number of rotatable bonds is 1. The molecular weight excluding hydrogens is 144 g/mol. The van der Waals surface area contributed by atoms with Crippen LogP contribution in [0.3, 0.4) is 0 Å². The van der Waals surface area contributed by atoms with Crippen molar-refractivity contribution in [2.75, 3.05) is 0 Å². The summed E-state index contributed by atoms with van der Waals surface area (Å²) >= 11 is 0. The summed E-state index contributed by atoms with van der Waals surface area (Å²) in [6.45, 7) is 11.3. The molecule has 58 valence electrons. The fraction of sp³-hybridized carbons (Fsp3) is 0.571. The van der Waals surface area contributed by atoms with E-state index >= 15 is 0 Å². The van der Waals surface area contributed by atoms with Crippen LogP contribution in [0.2, 0.25) is 19.6 Å². The topological polar surface area (TPSA) is 40.1 Å². The van der Waals surface area contributed by atoms with E-state index in [0.29, 0.717) is 0 Å². The second kappa shape index (κ2) is 6.55. The number of hydrogen-bond donors (Lipinski definition) is 0. The highest BCUT2D eigenvalue weighted by Crippen LogP contribution is 1.77. The van der Waals surface area contributed by atoms with Crippen LogP contribution >= 0.6 is 0 Å². The number of carboxylic acid groups (broad SMARTS) is 1. The van der Waals surface area contributed by atoms with Crippen molar-refractivity contribution in [2.24, 2.45) is 0 Å². The zero-order valence-corrected chi connectivity index (χ0v) is 8.02. The van der Waals surface area contributed by atoms with E-state index in [0.717, 1.165) is 0 Å². The molecule has 0 aromatic heterocycles. The average Bonchev–Trinajstić information content (AvgIpc) is 1.63. The third-order valence-electron chi connectivity index (χ3n) is 0.348. The SMILES string of the molecule is C=C(C)C(=O)[O-].C[Si+](C)C. The minimum Gasteiger partial charge on any atom is -0.545 e. The molecule has 0 N–H and O–H groups in total. The zero-order chi connectivity index (χ0) is 8.73. The van der Waals surface area contributed by atoms with Gasteiger partial charge in [-0.05, 0) is 12.5 Å². The van der Waals surface area contributed by atoms with Gasteiger partial charge in [0.1, 0.15) is 0 Å². The lowest BCUT2D eigenvalue weighted by molar-refractivity contribution is -0.299. The minimum atomic E-state index is -1.19. The summed E-state index contributed by atoms with van der Waals surface area (Å²) in [5.41, 5.74) is 0.0648. The van der Waals surface area contributed by atoms with Crippen LogP contribution in [-0.4, -0.2) is 14.8 Å². The van der Waals surface area contributed by atoms with Gasteiger partial charge in [0.25, 0.3) is 0 Å². The number of aliphatic carboxylic acids is 1. The van der Waals surface area contributed by atoms with Crippen LogP contribution in [0, 0.1) is 0 Å². The summed E-state index contributed by atoms with van der Waals surface area (Å²) in [7, 11) is 0.120. The highest BCUT2D eigenvalue weighted by atomic mass is 28.3. The van der Waals surface area contributed by atoms with E-state index < -0.39 is 5.97 Å². The van der Waals surface area contributed by atoms with Crippen molar-refractivity contribution in [3.05, 3.63) is 12.2 Å². The molecule has 0 rings (SSSR count). The van der Waals surface area contributed by atoms with Crippen molar-refractivity contribution < 1.29 is 9.90 Å². The first-order chi connectivity index (χ1) is 4.37. The Bertz CT molecular complexity index is 104. The largest absolute Gasteiger partial charge is 0.545 e. The maximum absolute atomic E-state index is 9.49. The molecule has 0 saturated heterocycles. The molecule has 0 aromatic carbocycles. The van der Waals surface area contributed by atoms with Gasteiger partial charge in [-0.3, -0.25) is 0 Å². The van der Waals surface area contributed by atoms with Gasteiger partial charge in [-0.1, -0.05) is 6.58 Å². The second-order valence-electron chi connectivity index (χ2n) is 2.57. The van der Waals surface area contributed by atoms with Crippen LogP contribution in [-0.2, 0) is 4.79 Å². The fourth-order valence-electron chi connectivity index (χ4n) is 0. The van der Waals surface area contributed by atoms with Crippen molar-refractivity contribution in [1.29, 1.82) is 0 Å². The molecule has 3 heteroatoms. The predicted molar refractivity (Wildman–Crippen MR) is 43.2 cm³/mol. The van der Waals surface area contributed by atoms with Gasteiger partial charge in [0, 0.05) is 0 Å². The molecule has 0 aliphatic heterocycles. The summed E-state index contributed by atoms with van der Waals surface area (Å²) in [4.78, 5) is 9.49. The Kier molecular flexibility index (Phi) is 7.94. The predicted octanol–water partition coefficient (Wildman–Crippen LogP) is 0.683. The van der Waals surface area contributed by atoms with Gasteiger partial charge >= 0.3 is 8.80 Å². The van der Waals surface area contributed by atoms with Crippen LogP contribution in [0.15, 0.2) is 12.2 Å². The minimum absolute atomic E-state index is 0.0648. The van der Waals surface area contributed by atoms with Crippen molar-refractivity contribution in [2.45, 2.75) is 26.6 Å². The standard InChI is InChI=1S/C4H6O2.C3H9Si/c1-3(2)4(5)6;1-4(2)3/h1H2,2H3,(H,5,6);1-3H3/q;+1/p-1. The number of carbonyl (C=O) groups excluding carboxylic acids is 1. The molecule has 0 unspecified atom stereocenters. The summed E-state index contributed by atoms with van der Waals surface area (Å²) in [5.74, 6) is -1.19. The normalized spacial score (nSPS) is 7.20. The summed E-state index contributed by atoms with van der Waals surface area (Å²) < 4.78 is 0. The second-order valence-corrected chi connectivity index (χ2v) is 5.57. The first-order valence-corrected chi connectivity index (χ1v) is 6.01. The van der Waals surface area contributed by atoms with E-state index in [1.165, 1.54) is 6.92 Å². The lowest BCUT2D eigenvalue weighted by atomic mass is 10.4. The molecule has 0 aromatic rings. The van der Waals surface area contributed by atoms with Crippen LogP contribution < -0.4 is 5.11 Å². The lowest BCUT2D eigenvalue weighted by Crippen LogP contribution is -2.22. The van der Waals surface area contributed by atoms with Gasteiger partial charge in [0.05, 0.1) is 25.6 Å². The first kappa shape index (κ1) is 12.1. The summed E-state index contributed by atoms with van der Waals surface area (Å²) in [6, 6.07) is 0. The van der Waals surface area contributed by atoms with E-state index in [1.807, 2.05) is 0 Å². The highest BCUT2D eigenvalue weighted by Gasteiger charge is 1.92. The van der Waals surface area contributed by atoms with Crippen LogP contribution in [0.1, 0.15) is 6.92 Å². The molecule has 0 amide bonds. The van der Waals surface area contributed by atoms with E-state index in [2.05, 4.69) is 26.2 Å². The van der Waals surface area contributed by atoms with Crippen LogP contribution in [0.25, 0.3) is 0 Å². The van der Waals surface area contributed by atoms with Gasteiger partial charge in [-0.15, -0.1) is 0 Å². The Morgan fingerprint density at radius 3 is 1.50 bits per heavy atom. The lowest BCUT2D eigenvalue weighted by Gasteiger charge is -1.93. The van der Waals surface area contributed by atoms with E-state index in [1.54, 1.807) is 0 Å². The quantitative estimate of drug-likeness (QED) is 0.416. The first-order valence-electron chi connectivity index (χ1n) is 3.01. The van der Waals surface area contributed by atoms with Gasteiger partial charge in [-0.25, -0.2) is 0 Å². The van der Waals surface area contributed by atoms with Crippen LogP contribution in [0.4, 0.5) is 0 Å². The molecule has 0 atom stereocenters. The van der Waals surface area contributed by atoms with E-state index in [-0.39, 0.29) is 14.4 Å². The molecule has 0 aliphatic carbocycles. The molecular formula is C7H14O2Si. The Labute approximate surface area is 64.2 Å². The van der Waals surface area contributed by atoms with Crippen molar-refractivity contribution in [1.82, 2.24) is 0 Å². The van der Waals surface area contributed by atoms with Gasteiger partial charge in [0.15, 0.2) is 0 Å². The number of carbonyl (C=O) groups is 1. The summed E-state index contributed by atoms with van der Waals surface area (Å²) in [6.07, 6.45) is 0. The van der Waals surface area contributed by atoms with Crippen molar-refractivity contribution >= 4 is 14.8 Å². The maximum atomic E-state index is 9.49. The number of carboxylic acids is 1.